The molecule has 0 aromatic heterocycles. The number of carbonyl (C=O) groups is 1. The van der Waals surface area contributed by atoms with Gasteiger partial charge in [-0.15, -0.1) is 0 Å². The van der Waals surface area contributed by atoms with Crippen molar-refractivity contribution in [1.29, 1.82) is 0 Å². The minimum atomic E-state index is -0.703. The Labute approximate surface area is 110 Å². The van der Waals surface area contributed by atoms with Crippen LogP contribution in [0.15, 0.2) is 24.3 Å². The van der Waals surface area contributed by atoms with E-state index < -0.39 is 5.97 Å². The minimum Gasteiger partial charge on any atom is -0.481 e. The van der Waals surface area contributed by atoms with Gasteiger partial charge in [-0.1, -0.05) is 31.2 Å². The highest BCUT2D eigenvalue weighted by atomic mass is 16.4. The van der Waals surface area contributed by atoms with Crippen LogP contribution in [0, 0.1) is 5.92 Å². The zero-order chi connectivity index (χ0) is 13.6. The normalized spacial score (nSPS) is 13.4. The number of hydrogen-bond donors (Lipinski definition) is 2. The van der Waals surface area contributed by atoms with E-state index in [9.17, 15) is 4.79 Å². The molecule has 18 heavy (non-hydrogen) atoms. The quantitative estimate of drug-likeness (QED) is 0.438. The van der Waals surface area contributed by atoms with Crippen LogP contribution in [0.4, 0.5) is 0 Å². The van der Waals surface area contributed by atoms with Crippen molar-refractivity contribution < 1.29 is 15.0 Å². The van der Waals surface area contributed by atoms with Gasteiger partial charge in [0.2, 0.25) is 0 Å². The lowest BCUT2D eigenvalue weighted by molar-refractivity contribution is -0.137. The zero-order valence-electron chi connectivity index (χ0n) is 11.3. The van der Waals surface area contributed by atoms with Crippen LogP contribution < -0.4 is 0 Å². The largest absolute Gasteiger partial charge is 0.481 e. The van der Waals surface area contributed by atoms with Gasteiger partial charge in [0, 0.05) is 13.0 Å². The number of aliphatic hydroxyl groups excluding tert-OH is 1. The Morgan fingerprint density at radius 3 is 2.39 bits per heavy atom. The SMILES string of the molecule is CC(CCC=CCC=CCCCO)CCC(=O)O. The van der Waals surface area contributed by atoms with Crippen molar-refractivity contribution >= 4 is 5.97 Å². The summed E-state index contributed by atoms with van der Waals surface area (Å²) < 4.78 is 0. The molecule has 0 spiro atoms. The molecule has 0 aliphatic heterocycles. The number of carboxylic acids is 1. The van der Waals surface area contributed by atoms with Crippen molar-refractivity contribution in [3.8, 4) is 0 Å². The Kier molecular flexibility index (Phi) is 11.6. The van der Waals surface area contributed by atoms with Crippen molar-refractivity contribution in [2.24, 2.45) is 5.92 Å². The van der Waals surface area contributed by atoms with Crippen LogP contribution in [0.25, 0.3) is 0 Å². The summed E-state index contributed by atoms with van der Waals surface area (Å²) in [6.45, 7) is 2.36. The molecule has 1 atom stereocenters. The molecule has 3 nitrogen and oxygen atoms in total. The van der Waals surface area contributed by atoms with Gasteiger partial charge in [-0.25, -0.2) is 0 Å². The van der Waals surface area contributed by atoms with E-state index in [0.29, 0.717) is 5.92 Å². The van der Waals surface area contributed by atoms with Gasteiger partial charge >= 0.3 is 5.97 Å². The fraction of sp³-hybridized carbons (Fsp3) is 0.667. The lowest BCUT2D eigenvalue weighted by Crippen LogP contribution is -2.00. The van der Waals surface area contributed by atoms with Gasteiger partial charge in [-0.05, 0) is 44.4 Å². The molecule has 2 N–H and O–H groups in total. The lowest BCUT2D eigenvalue weighted by atomic mass is 10.00. The van der Waals surface area contributed by atoms with Crippen LogP contribution >= 0.6 is 0 Å². The van der Waals surface area contributed by atoms with Crippen LogP contribution in [0.3, 0.4) is 0 Å². The average molecular weight is 254 g/mol. The van der Waals surface area contributed by atoms with Gasteiger partial charge in [0.05, 0.1) is 0 Å². The molecule has 0 aromatic carbocycles. The minimum absolute atomic E-state index is 0.258. The van der Waals surface area contributed by atoms with Gasteiger partial charge in [-0.3, -0.25) is 4.79 Å². The highest BCUT2D eigenvalue weighted by molar-refractivity contribution is 5.66. The van der Waals surface area contributed by atoms with E-state index in [1.165, 1.54) is 0 Å². The van der Waals surface area contributed by atoms with Crippen LogP contribution in [0.2, 0.25) is 0 Å². The zero-order valence-corrected chi connectivity index (χ0v) is 11.3. The van der Waals surface area contributed by atoms with Gasteiger partial charge in [0.25, 0.3) is 0 Å². The van der Waals surface area contributed by atoms with Crippen LogP contribution in [0.5, 0.6) is 0 Å². The smallest absolute Gasteiger partial charge is 0.303 e. The number of carboxylic acid groups (broad SMARTS) is 1. The van der Waals surface area contributed by atoms with E-state index in [1.54, 1.807) is 0 Å². The molecule has 0 amide bonds. The van der Waals surface area contributed by atoms with E-state index >= 15 is 0 Å². The molecule has 0 aliphatic carbocycles. The van der Waals surface area contributed by atoms with Crippen LogP contribution in [0.1, 0.15) is 51.9 Å². The van der Waals surface area contributed by atoms with E-state index in [1.807, 2.05) is 0 Å². The number of hydrogen-bond acceptors (Lipinski definition) is 2. The molecule has 0 bridgehead atoms. The third kappa shape index (κ3) is 13.0. The Hall–Kier alpha value is -1.09. The van der Waals surface area contributed by atoms with Crippen LogP contribution in [-0.2, 0) is 4.79 Å². The summed E-state index contributed by atoms with van der Waals surface area (Å²) in [5, 5.41) is 17.1. The average Bonchev–Trinajstić information content (AvgIpc) is 2.34. The summed E-state index contributed by atoms with van der Waals surface area (Å²) >= 11 is 0. The topological polar surface area (TPSA) is 57.5 Å². The second-order valence-corrected chi connectivity index (χ2v) is 4.66. The standard InChI is InChI=1S/C15H26O3/c1-14(11-12-15(17)18)10-8-6-4-2-3-5-7-9-13-16/h3-6,14,16H,2,7-13H2,1H3,(H,17,18). The molecular weight excluding hydrogens is 228 g/mol. The van der Waals surface area contributed by atoms with E-state index in [4.69, 9.17) is 10.2 Å². The maximum absolute atomic E-state index is 10.4. The molecule has 0 radical (unpaired) electrons. The summed E-state index contributed by atoms with van der Waals surface area (Å²) in [5.74, 6) is -0.226. The number of unbranched alkanes of at least 4 members (excludes halogenated alkanes) is 1. The molecule has 0 saturated heterocycles. The molecule has 1 unspecified atom stereocenters. The monoisotopic (exact) mass is 254 g/mol. The summed E-state index contributed by atoms with van der Waals surface area (Å²) in [4.78, 5) is 10.4. The van der Waals surface area contributed by atoms with Crippen molar-refractivity contribution in [3.63, 3.8) is 0 Å². The predicted octanol–water partition coefficient (Wildman–Crippen LogP) is 3.54. The van der Waals surface area contributed by atoms with E-state index in [0.717, 1.165) is 38.5 Å². The van der Waals surface area contributed by atoms with Crippen molar-refractivity contribution in [2.75, 3.05) is 6.61 Å². The predicted molar refractivity (Wildman–Crippen MR) is 74.5 cm³/mol. The Morgan fingerprint density at radius 2 is 1.78 bits per heavy atom. The highest BCUT2D eigenvalue weighted by Crippen LogP contribution is 2.12. The second kappa shape index (κ2) is 12.4. The molecule has 0 heterocycles. The first-order chi connectivity index (χ1) is 8.66. The summed E-state index contributed by atoms with van der Waals surface area (Å²) in [5.41, 5.74) is 0. The Bertz CT molecular complexity index is 256. The van der Waals surface area contributed by atoms with Gasteiger partial charge < -0.3 is 10.2 Å². The Morgan fingerprint density at radius 1 is 1.11 bits per heavy atom. The summed E-state index contributed by atoms with van der Waals surface area (Å²) in [7, 11) is 0. The fourth-order valence-corrected chi connectivity index (χ4v) is 1.61. The van der Waals surface area contributed by atoms with Gasteiger partial charge in [0.15, 0.2) is 0 Å². The van der Waals surface area contributed by atoms with Gasteiger partial charge in [-0.2, -0.15) is 0 Å². The third-order valence-corrected chi connectivity index (χ3v) is 2.81. The molecule has 0 saturated carbocycles. The number of aliphatic carboxylic acids is 1. The molecule has 0 rings (SSSR count). The van der Waals surface area contributed by atoms with Gasteiger partial charge in [0.1, 0.15) is 0 Å². The molecule has 3 heteroatoms. The maximum Gasteiger partial charge on any atom is 0.303 e. The first-order valence-electron chi connectivity index (χ1n) is 6.79. The number of aliphatic hydroxyl groups is 1. The van der Waals surface area contributed by atoms with E-state index in [2.05, 4.69) is 31.2 Å². The first kappa shape index (κ1) is 16.9. The van der Waals surface area contributed by atoms with Crippen LogP contribution in [-0.4, -0.2) is 22.8 Å². The summed E-state index contributed by atoms with van der Waals surface area (Å²) in [6.07, 6.45) is 14.3. The Balaban J connectivity index is 3.41. The molecule has 0 fully saturated rings. The lowest BCUT2D eigenvalue weighted by Gasteiger charge is -2.06. The first-order valence-corrected chi connectivity index (χ1v) is 6.79. The van der Waals surface area contributed by atoms with Crippen molar-refractivity contribution in [2.45, 2.75) is 51.9 Å². The molecule has 0 aliphatic rings. The van der Waals surface area contributed by atoms with Crippen molar-refractivity contribution in [3.05, 3.63) is 24.3 Å². The molecule has 0 aromatic rings. The second-order valence-electron chi connectivity index (χ2n) is 4.66. The molecule has 104 valence electrons. The van der Waals surface area contributed by atoms with Crippen molar-refractivity contribution in [1.82, 2.24) is 0 Å². The molecular formula is C15H26O3. The third-order valence-electron chi connectivity index (χ3n) is 2.81. The number of rotatable bonds is 11. The summed E-state index contributed by atoms with van der Waals surface area (Å²) in [6, 6.07) is 0. The fourth-order valence-electron chi connectivity index (χ4n) is 1.61. The number of allylic oxidation sites excluding steroid dienone is 4. The van der Waals surface area contributed by atoms with E-state index in [-0.39, 0.29) is 13.0 Å². The highest BCUT2D eigenvalue weighted by Gasteiger charge is 2.03. The maximum atomic E-state index is 10.4.